The summed E-state index contributed by atoms with van der Waals surface area (Å²) in [5.41, 5.74) is 8.97. The van der Waals surface area contributed by atoms with Gasteiger partial charge in [0, 0.05) is 11.8 Å². The predicted octanol–water partition coefficient (Wildman–Crippen LogP) is 5.77. The molecule has 4 aromatic carbocycles. The second-order valence-electron chi connectivity index (χ2n) is 7.27. The Morgan fingerprint density at radius 3 is 0.786 bits per heavy atom. The average Bonchev–Trinajstić information content (AvgIpc) is 2.76. The van der Waals surface area contributed by atoms with E-state index in [2.05, 4.69) is 72.8 Å². The summed E-state index contributed by atoms with van der Waals surface area (Å²) in [4.78, 5) is 0. The second kappa shape index (κ2) is 6.58. The first-order valence-corrected chi connectivity index (χ1v) is 9.48. The van der Waals surface area contributed by atoms with Crippen LogP contribution in [-0.2, 0) is 0 Å². The van der Waals surface area contributed by atoms with Gasteiger partial charge in [0.15, 0.2) is 0 Å². The summed E-state index contributed by atoms with van der Waals surface area (Å²) in [7, 11) is 0. The number of benzene rings is 4. The number of rotatable bonds is 0. The summed E-state index contributed by atoms with van der Waals surface area (Å²) in [6.07, 6.45) is 0. The molecule has 2 heteroatoms. The van der Waals surface area contributed by atoms with E-state index in [0.717, 1.165) is 0 Å². The number of phenolic OH excluding ortho intramolecular Hbond substituents is 2. The molecule has 3 aliphatic rings. The highest BCUT2D eigenvalue weighted by Crippen LogP contribution is 2.55. The summed E-state index contributed by atoms with van der Waals surface area (Å²) in [6.45, 7) is 0. The smallest absolute Gasteiger partial charge is 0.115 e. The molecule has 0 aliphatic heterocycles. The highest BCUT2D eigenvalue weighted by molar-refractivity contribution is 5.67. The van der Waals surface area contributed by atoms with Crippen LogP contribution in [0.3, 0.4) is 0 Å². The zero-order valence-electron chi connectivity index (χ0n) is 15.3. The van der Waals surface area contributed by atoms with Crippen molar-refractivity contribution >= 4 is 0 Å². The van der Waals surface area contributed by atoms with E-state index in [-0.39, 0.29) is 11.5 Å². The number of phenols is 2. The van der Waals surface area contributed by atoms with Crippen molar-refractivity contribution in [1.29, 1.82) is 0 Å². The lowest BCUT2D eigenvalue weighted by atomic mass is 9.61. The molecular formula is C26H20O2. The summed E-state index contributed by atoms with van der Waals surface area (Å²) < 4.78 is 0. The van der Waals surface area contributed by atoms with E-state index in [4.69, 9.17) is 10.2 Å². The fraction of sp³-hybridized carbons (Fsp3) is 0.0769. The van der Waals surface area contributed by atoms with Crippen LogP contribution in [0.2, 0.25) is 0 Å². The van der Waals surface area contributed by atoms with Gasteiger partial charge in [-0.15, -0.1) is 0 Å². The van der Waals surface area contributed by atoms with Crippen LogP contribution in [0.25, 0.3) is 0 Å². The van der Waals surface area contributed by atoms with E-state index in [1.54, 1.807) is 0 Å². The SMILES string of the molecule is Oc1ccc(O)cc1.c1ccc2c(c1)C1c3ccccc3C2c2ccccc21. The highest BCUT2D eigenvalue weighted by atomic mass is 16.3. The maximum atomic E-state index is 8.65. The van der Waals surface area contributed by atoms with Gasteiger partial charge in [0.2, 0.25) is 0 Å². The van der Waals surface area contributed by atoms with Crippen LogP contribution in [0.15, 0.2) is 97.1 Å². The van der Waals surface area contributed by atoms with E-state index in [0.29, 0.717) is 11.8 Å². The zero-order valence-corrected chi connectivity index (χ0v) is 15.3. The first-order valence-electron chi connectivity index (χ1n) is 9.48. The van der Waals surface area contributed by atoms with Gasteiger partial charge < -0.3 is 10.2 Å². The van der Waals surface area contributed by atoms with Gasteiger partial charge in [0.05, 0.1) is 0 Å². The third-order valence-corrected chi connectivity index (χ3v) is 5.70. The third-order valence-electron chi connectivity index (χ3n) is 5.70. The van der Waals surface area contributed by atoms with Crippen molar-refractivity contribution in [3.63, 3.8) is 0 Å². The van der Waals surface area contributed by atoms with Crippen molar-refractivity contribution in [2.75, 3.05) is 0 Å². The quantitative estimate of drug-likeness (QED) is 0.336. The molecule has 0 fully saturated rings. The van der Waals surface area contributed by atoms with Crippen molar-refractivity contribution in [1.82, 2.24) is 0 Å². The van der Waals surface area contributed by atoms with Gasteiger partial charge in [-0.1, -0.05) is 72.8 Å². The molecule has 4 aromatic rings. The van der Waals surface area contributed by atoms with Gasteiger partial charge in [-0.3, -0.25) is 0 Å². The Morgan fingerprint density at radius 2 is 0.571 bits per heavy atom. The average molecular weight is 364 g/mol. The van der Waals surface area contributed by atoms with E-state index in [1.807, 2.05) is 0 Å². The first-order chi connectivity index (χ1) is 13.7. The molecule has 7 rings (SSSR count). The zero-order chi connectivity index (χ0) is 19.1. The minimum absolute atomic E-state index is 0.169. The fourth-order valence-electron chi connectivity index (χ4n) is 4.57. The summed E-state index contributed by atoms with van der Waals surface area (Å²) in [5.74, 6) is 1.18. The van der Waals surface area contributed by atoms with Gasteiger partial charge in [-0.2, -0.15) is 0 Å². The number of hydrogen-bond donors (Lipinski definition) is 2. The molecule has 0 unspecified atom stereocenters. The van der Waals surface area contributed by atoms with Crippen molar-refractivity contribution in [2.24, 2.45) is 0 Å². The van der Waals surface area contributed by atoms with Gasteiger partial charge >= 0.3 is 0 Å². The lowest BCUT2D eigenvalue weighted by molar-refractivity contribution is 0.460. The molecule has 0 aromatic heterocycles. The van der Waals surface area contributed by atoms with Crippen LogP contribution >= 0.6 is 0 Å². The lowest BCUT2D eigenvalue weighted by Crippen LogP contribution is -2.27. The maximum Gasteiger partial charge on any atom is 0.115 e. The molecule has 2 bridgehead atoms. The molecule has 0 heterocycles. The Bertz CT molecular complexity index is 942. The highest BCUT2D eigenvalue weighted by Gasteiger charge is 2.40. The van der Waals surface area contributed by atoms with Crippen LogP contribution in [0.4, 0.5) is 0 Å². The molecule has 0 atom stereocenters. The molecule has 28 heavy (non-hydrogen) atoms. The molecule has 2 nitrogen and oxygen atoms in total. The van der Waals surface area contributed by atoms with Crippen LogP contribution in [0.1, 0.15) is 45.2 Å². The minimum Gasteiger partial charge on any atom is -0.508 e. The number of aromatic hydroxyl groups is 2. The Hall–Kier alpha value is -3.52. The summed E-state index contributed by atoms with van der Waals surface area (Å²) in [6, 6.07) is 32.6. The van der Waals surface area contributed by atoms with Crippen LogP contribution in [-0.4, -0.2) is 10.2 Å². The normalized spacial score (nSPS) is 17.6. The minimum atomic E-state index is 0.169. The summed E-state index contributed by atoms with van der Waals surface area (Å²) >= 11 is 0. The van der Waals surface area contributed by atoms with E-state index in [1.165, 1.54) is 57.6 Å². The monoisotopic (exact) mass is 364 g/mol. The molecule has 0 saturated carbocycles. The largest absolute Gasteiger partial charge is 0.508 e. The molecule has 3 aliphatic carbocycles. The van der Waals surface area contributed by atoms with Gasteiger partial charge in [0.25, 0.3) is 0 Å². The predicted molar refractivity (Wildman–Crippen MR) is 111 cm³/mol. The Kier molecular flexibility index (Phi) is 3.91. The molecule has 2 N–H and O–H groups in total. The lowest BCUT2D eigenvalue weighted by Gasteiger charge is -2.42. The topological polar surface area (TPSA) is 40.5 Å². The second-order valence-corrected chi connectivity index (χ2v) is 7.27. The molecular weight excluding hydrogens is 344 g/mol. The van der Waals surface area contributed by atoms with Crippen molar-refractivity contribution in [3.8, 4) is 11.5 Å². The Balaban J connectivity index is 0.000000181. The fourth-order valence-corrected chi connectivity index (χ4v) is 4.57. The molecule has 0 amide bonds. The van der Waals surface area contributed by atoms with E-state index in [9.17, 15) is 0 Å². The Morgan fingerprint density at radius 1 is 0.357 bits per heavy atom. The van der Waals surface area contributed by atoms with Crippen LogP contribution in [0.5, 0.6) is 11.5 Å². The van der Waals surface area contributed by atoms with E-state index < -0.39 is 0 Å². The maximum absolute atomic E-state index is 8.65. The molecule has 0 radical (unpaired) electrons. The van der Waals surface area contributed by atoms with Gasteiger partial charge in [-0.25, -0.2) is 0 Å². The van der Waals surface area contributed by atoms with Crippen molar-refractivity contribution in [3.05, 3.63) is 130 Å². The van der Waals surface area contributed by atoms with Gasteiger partial charge in [0.1, 0.15) is 11.5 Å². The number of hydrogen-bond acceptors (Lipinski definition) is 2. The first kappa shape index (κ1) is 16.6. The van der Waals surface area contributed by atoms with Crippen LogP contribution < -0.4 is 0 Å². The molecule has 0 spiro atoms. The van der Waals surface area contributed by atoms with Crippen molar-refractivity contribution < 1.29 is 10.2 Å². The summed E-state index contributed by atoms with van der Waals surface area (Å²) in [5, 5.41) is 17.3. The standard InChI is InChI=1S/C20H14.C6H6O2/c1-2-8-14-13(7-1)19-15-9-3-5-11-17(15)20(14)18-12-6-4-10-16(18)19;7-5-1-2-6(8)4-3-5/h1-12,19-20H;1-4,7-8H. The van der Waals surface area contributed by atoms with Crippen molar-refractivity contribution in [2.45, 2.75) is 11.8 Å². The molecule has 136 valence electrons. The Labute approximate surface area is 164 Å². The van der Waals surface area contributed by atoms with Gasteiger partial charge in [-0.05, 0) is 57.6 Å². The van der Waals surface area contributed by atoms with Crippen LogP contribution in [0, 0.1) is 0 Å². The van der Waals surface area contributed by atoms with E-state index >= 15 is 0 Å². The third kappa shape index (κ3) is 2.57. The molecule has 0 saturated heterocycles.